The van der Waals surface area contributed by atoms with Gasteiger partial charge in [0.25, 0.3) is 5.91 Å². The second kappa shape index (κ2) is 7.73. The minimum Gasteiger partial charge on any atom is -0.323 e. The molecule has 0 radical (unpaired) electrons. The zero-order valence-electron chi connectivity index (χ0n) is 14.0. The van der Waals surface area contributed by atoms with Crippen LogP contribution in [0.25, 0.3) is 10.2 Å². The Morgan fingerprint density at radius 1 is 1.19 bits per heavy atom. The Morgan fingerprint density at radius 3 is 2.54 bits per heavy atom. The first kappa shape index (κ1) is 18.8. The summed E-state index contributed by atoms with van der Waals surface area (Å²) in [7, 11) is 0. The van der Waals surface area contributed by atoms with E-state index in [0.717, 1.165) is 21.1 Å². The largest absolute Gasteiger partial charge is 0.323 e. The van der Waals surface area contributed by atoms with Crippen LogP contribution in [0.2, 0.25) is 0 Å². The maximum Gasteiger partial charge on any atom is 0.267 e. The van der Waals surface area contributed by atoms with Gasteiger partial charge in [0.15, 0.2) is 0 Å². The molecule has 0 saturated carbocycles. The van der Waals surface area contributed by atoms with Crippen molar-refractivity contribution in [3.63, 3.8) is 0 Å². The Hall–Kier alpha value is -1.96. The van der Waals surface area contributed by atoms with E-state index in [1.165, 1.54) is 11.3 Å². The minimum atomic E-state index is -0.371. The smallest absolute Gasteiger partial charge is 0.267 e. The van der Waals surface area contributed by atoms with Crippen molar-refractivity contribution in [2.75, 3.05) is 16.5 Å². The van der Waals surface area contributed by atoms with E-state index >= 15 is 0 Å². The van der Waals surface area contributed by atoms with Crippen molar-refractivity contribution in [1.29, 1.82) is 0 Å². The van der Waals surface area contributed by atoms with Gasteiger partial charge in [-0.2, -0.15) is 0 Å². The molecule has 3 aromatic rings. The van der Waals surface area contributed by atoms with Crippen molar-refractivity contribution in [3.8, 4) is 0 Å². The number of rotatable bonds is 4. The Balaban J connectivity index is 2.06. The Morgan fingerprint density at radius 2 is 1.88 bits per heavy atom. The number of halogens is 2. The fraction of sp³-hybridized carbons (Fsp3) is 0.167. The van der Waals surface area contributed by atoms with E-state index < -0.39 is 0 Å². The van der Waals surface area contributed by atoms with Crippen LogP contribution in [0.4, 0.5) is 11.4 Å². The first-order valence-corrected chi connectivity index (χ1v) is 9.87. The number of pyridine rings is 1. The first-order chi connectivity index (χ1) is 12.4. The zero-order valence-corrected chi connectivity index (χ0v) is 17.2. The van der Waals surface area contributed by atoms with E-state index in [4.69, 9.17) is 11.6 Å². The fourth-order valence-electron chi connectivity index (χ4n) is 2.61. The molecule has 0 atom stereocenters. The molecule has 0 bridgehead atoms. The molecule has 0 aliphatic rings. The van der Waals surface area contributed by atoms with E-state index in [0.29, 0.717) is 21.1 Å². The summed E-state index contributed by atoms with van der Waals surface area (Å²) in [5, 5.41) is 6.37. The fourth-order valence-corrected chi connectivity index (χ4v) is 4.09. The molecule has 5 nitrogen and oxygen atoms in total. The molecule has 0 unspecified atom stereocenters. The molecule has 3 rings (SSSR count). The summed E-state index contributed by atoms with van der Waals surface area (Å²) in [5.74, 6) is -0.870. The molecule has 0 saturated heterocycles. The summed E-state index contributed by atoms with van der Waals surface area (Å²) < 4.78 is 0.919. The molecule has 2 amide bonds. The number of thiophene rings is 1. The number of carbonyl (C=O) groups is 2. The summed E-state index contributed by atoms with van der Waals surface area (Å²) >= 11 is 10.2. The van der Waals surface area contributed by atoms with Gasteiger partial charge in [0.05, 0.1) is 5.69 Å². The van der Waals surface area contributed by atoms with Crippen molar-refractivity contribution in [1.82, 2.24) is 4.98 Å². The molecule has 0 aliphatic carbocycles. The summed E-state index contributed by atoms with van der Waals surface area (Å²) in [4.78, 5) is 30.3. The van der Waals surface area contributed by atoms with Gasteiger partial charge < -0.3 is 10.6 Å². The van der Waals surface area contributed by atoms with Crippen LogP contribution in [-0.4, -0.2) is 22.7 Å². The van der Waals surface area contributed by atoms with Crippen LogP contribution >= 0.6 is 38.9 Å². The summed E-state index contributed by atoms with van der Waals surface area (Å²) in [5.41, 5.74) is 2.91. The Kier molecular flexibility index (Phi) is 5.60. The first-order valence-electron chi connectivity index (χ1n) is 7.72. The number of hydrogen-bond donors (Lipinski definition) is 2. The van der Waals surface area contributed by atoms with E-state index in [1.807, 2.05) is 32.0 Å². The quantitative estimate of drug-likeness (QED) is 0.541. The lowest BCUT2D eigenvalue weighted by Crippen LogP contribution is -2.17. The lowest BCUT2D eigenvalue weighted by Gasteiger charge is -2.08. The maximum absolute atomic E-state index is 12.8. The number of aromatic nitrogens is 1. The van der Waals surface area contributed by atoms with Gasteiger partial charge in [-0.1, -0.05) is 15.9 Å². The highest BCUT2D eigenvalue weighted by molar-refractivity contribution is 9.10. The molecule has 2 heterocycles. The predicted molar refractivity (Wildman–Crippen MR) is 111 cm³/mol. The third-order valence-electron chi connectivity index (χ3n) is 3.68. The topological polar surface area (TPSA) is 71.1 Å². The van der Waals surface area contributed by atoms with Gasteiger partial charge in [-0.15, -0.1) is 22.9 Å². The number of benzene rings is 1. The molecular weight excluding hydrogens is 438 g/mol. The number of nitrogens with zero attached hydrogens (tertiary/aromatic N) is 1. The van der Waals surface area contributed by atoms with Crippen molar-refractivity contribution in [2.45, 2.75) is 13.8 Å². The number of anilines is 2. The molecule has 2 N–H and O–H groups in total. The standard InChI is InChI=1S/C18H15BrClN3O2S/c1-9-7-10(2)21-18-14(9)15(23-13(24)8-20)16(26-18)17(25)22-12-5-3-11(19)4-6-12/h3-7H,8H2,1-2H3,(H,22,25)(H,23,24). The molecule has 0 aliphatic heterocycles. The number of amides is 2. The molecule has 8 heteroatoms. The van der Waals surface area contributed by atoms with Gasteiger partial charge in [0.2, 0.25) is 5.91 Å². The Bertz CT molecular complexity index is 1000. The average Bonchev–Trinajstić information content (AvgIpc) is 2.95. The van der Waals surface area contributed by atoms with Gasteiger partial charge in [0.1, 0.15) is 15.6 Å². The molecule has 134 valence electrons. The third-order valence-corrected chi connectivity index (χ3v) is 5.54. The SMILES string of the molecule is Cc1cc(C)c2c(NC(=O)CCl)c(C(=O)Nc3ccc(Br)cc3)sc2n1. The van der Waals surface area contributed by atoms with E-state index in [2.05, 4.69) is 31.5 Å². The summed E-state index contributed by atoms with van der Waals surface area (Å²) in [6.07, 6.45) is 0. The highest BCUT2D eigenvalue weighted by Gasteiger charge is 2.22. The number of hydrogen-bond acceptors (Lipinski definition) is 4. The maximum atomic E-state index is 12.8. The van der Waals surface area contributed by atoms with E-state index in [1.54, 1.807) is 12.1 Å². The van der Waals surface area contributed by atoms with Crippen LogP contribution in [0.3, 0.4) is 0 Å². The van der Waals surface area contributed by atoms with Gasteiger partial charge in [0, 0.05) is 21.2 Å². The van der Waals surface area contributed by atoms with E-state index in [-0.39, 0.29) is 17.7 Å². The van der Waals surface area contributed by atoms with E-state index in [9.17, 15) is 9.59 Å². The lowest BCUT2D eigenvalue weighted by molar-refractivity contribution is -0.113. The van der Waals surface area contributed by atoms with Crippen molar-refractivity contribution < 1.29 is 9.59 Å². The second-order valence-corrected chi connectivity index (χ2v) is 7.89. The Labute approximate surface area is 167 Å². The van der Waals surface area contributed by atoms with Crippen LogP contribution in [0.1, 0.15) is 20.9 Å². The molecule has 0 fully saturated rings. The van der Waals surface area contributed by atoms with Crippen LogP contribution < -0.4 is 10.6 Å². The van der Waals surface area contributed by atoms with Gasteiger partial charge in [-0.3, -0.25) is 9.59 Å². The molecule has 26 heavy (non-hydrogen) atoms. The molecule has 1 aromatic carbocycles. The van der Waals surface area contributed by atoms with Crippen molar-refractivity contribution in [2.24, 2.45) is 0 Å². The van der Waals surface area contributed by atoms with Crippen molar-refractivity contribution >= 4 is 72.3 Å². The molecule has 2 aromatic heterocycles. The minimum absolute atomic E-state index is 0.191. The number of aryl methyl sites for hydroxylation is 2. The summed E-state index contributed by atoms with van der Waals surface area (Å²) in [6, 6.07) is 9.18. The highest BCUT2D eigenvalue weighted by Crippen LogP contribution is 2.37. The number of alkyl halides is 1. The predicted octanol–water partition coefficient (Wildman–Crippen LogP) is 5.11. The van der Waals surface area contributed by atoms with Crippen LogP contribution in [0, 0.1) is 13.8 Å². The lowest BCUT2D eigenvalue weighted by atomic mass is 10.1. The average molecular weight is 453 g/mol. The van der Waals surface area contributed by atoms with Crippen molar-refractivity contribution in [3.05, 3.63) is 50.9 Å². The van der Waals surface area contributed by atoms with Gasteiger partial charge in [-0.25, -0.2) is 4.98 Å². The monoisotopic (exact) mass is 451 g/mol. The van der Waals surface area contributed by atoms with Gasteiger partial charge >= 0.3 is 0 Å². The second-order valence-electron chi connectivity index (χ2n) is 5.71. The van der Waals surface area contributed by atoms with Crippen LogP contribution in [0.15, 0.2) is 34.8 Å². The zero-order chi connectivity index (χ0) is 18.8. The highest BCUT2D eigenvalue weighted by atomic mass is 79.9. The molecular formula is C18H15BrClN3O2S. The number of nitrogens with one attached hydrogen (secondary N) is 2. The third kappa shape index (κ3) is 3.90. The molecule has 0 spiro atoms. The van der Waals surface area contributed by atoms with Crippen LogP contribution in [0.5, 0.6) is 0 Å². The summed E-state index contributed by atoms with van der Waals surface area (Å²) in [6.45, 7) is 3.82. The normalized spacial score (nSPS) is 10.8. The van der Waals surface area contributed by atoms with Crippen LogP contribution in [-0.2, 0) is 4.79 Å². The van der Waals surface area contributed by atoms with Gasteiger partial charge in [-0.05, 0) is 49.7 Å². The number of carbonyl (C=O) groups excluding carboxylic acids is 2. The number of fused-ring (bicyclic) bond motifs is 1.